The summed E-state index contributed by atoms with van der Waals surface area (Å²) in [6.45, 7) is 9.43. The van der Waals surface area contributed by atoms with E-state index >= 15 is 0 Å². The highest BCUT2D eigenvalue weighted by atomic mass is 32.2. The molecule has 0 spiro atoms. The molecule has 6 rings (SSSR count). The molecule has 1 aliphatic rings. The molecule has 70 heavy (non-hydrogen) atoms. The number of thioether (sulfide) groups is 1. The van der Waals surface area contributed by atoms with Gasteiger partial charge in [-0.3, -0.25) is 24.2 Å². The lowest BCUT2D eigenvalue weighted by Crippen LogP contribution is -2.29. The average Bonchev–Trinajstić information content (AvgIpc) is 3.35. The summed E-state index contributed by atoms with van der Waals surface area (Å²) in [7, 11) is 0. The summed E-state index contributed by atoms with van der Waals surface area (Å²) in [4.78, 5) is 59.7. The van der Waals surface area contributed by atoms with Gasteiger partial charge in [0.25, 0.3) is 17.7 Å². The van der Waals surface area contributed by atoms with Gasteiger partial charge in [0.2, 0.25) is 0 Å². The Kier molecular flexibility index (Phi) is 19.8. The number of piperidine rings is 1. The van der Waals surface area contributed by atoms with Gasteiger partial charge >= 0.3 is 12.1 Å². The number of pyridine rings is 1. The molecule has 0 aliphatic carbocycles. The Morgan fingerprint density at radius 3 is 2.07 bits per heavy atom. The summed E-state index contributed by atoms with van der Waals surface area (Å²) < 4.78 is 61.6. The maximum Gasteiger partial charge on any atom is 0.416 e. The van der Waals surface area contributed by atoms with E-state index in [0.717, 1.165) is 60.6 Å². The number of carbonyl (C=O) groups excluding carboxylic acids is 4. The highest BCUT2D eigenvalue weighted by Crippen LogP contribution is 2.34. The van der Waals surface area contributed by atoms with Crippen LogP contribution in [0.5, 0.6) is 0 Å². The fraction of sp³-hybridized carbons (Fsp3) is 0.377. The molecule has 3 N–H and O–H groups in total. The first kappa shape index (κ1) is 53.1. The Morgan fingerprint density at radius 1 is 0.671 bits per heavy atom. The molecule has 1 saturated heterocycles. The second-order valence-corrected chi connectivity index (χ2v) is 18.5. The van der Waals surface area contributed by atoms with Crippen molar-refractivity contribution >= 4 is 46.8 Å². The van der Waals surface area contributed by atoms with Crippen LogP contribution in [0.4, 0.5) is 24.5 Å². The van der Waals surface area contributed by atoms with Crippen LogP contribution in [0.25, 0.3) is 11.3 Å². The second-order valence-electron chi connectivity index (χ2n) is 17.5. The van der Waals surface area contributed by atoms with Crippen molar-refractivity contribution in [3.63, 3.8) is 0 Å². The molecule has 0 bridgehead atoms. The van der Waals surface area contributed by atoms with E-state index in [1.807, 2.05) is 75.4 Å². The summed E-state index contributed by atoms with van der Waals surface area (Å²) >= 11 is 1.53. The minimum Gasteiger partial charge on any atom is -0.460 e. The van der Waals surface area contributed by atoms with E-state index < -0.39 is 23.2 Å². The zero-order chi connectivity index (χ0) is 49.9. The Hall–Kier alpha value is -6.27. The van der Waals surface area contributed by atoms with Gasteiger partial charge in [0, 0.05) is 71.0 Å². The molecule has 0 saturated carbocycles. The van der Waals surface area contributed by atoms with Gasteiger partial charge in [-0.1, -0.05) is 30.3 Å². The van der Waals surface area contributed by atoms with Crippen molar-refractivity contribution in [1.82, 2.24) is 15.6 Å². The van der Waals surface area contributed by atoms with Gasteiger partial charge < -0.3 is 39.8 Å². The largest absolute Gasteiger partial charge is 0.460 e. The molecule has 17 heteroatoms. The van der Waals surface area contributed by atoms with E-state index in [1.54, 1.807) is 18.2 Å². The van der Waals surface area contributed by atoms with Crippen LogP contribution < -0.4 is 20.9 Å². The molecular weight excluding hydrogens is 924 g/mol. The number of benzene rings is 4. The lowest BCUT2D eigenvalue weighted by atomic mass is 10.0. The summed E-state index contributed by atoms with van der Waals surface area (Å²) in [5.74, 6) is -0.837. The zero-order valence-corrected chi connectivity index (χ0v) is 40.5. The van der Waals surface area contributed by atoms with Crippen molar-refractivity contribution in [2.45, 2.75) is 75.4 Å². The monoisotopic (exact) mass is 983 g/mol. The molecule has 0 atom stereocenters. The van der Waals surface area contributed by atoms with E-state index in [-0.39, 0.29) is 42.9 Å². The highest BCUT2D eigenvalue weighted by Gasteiger charge is 2.30. The van der Waals surface area contributed by atoms with Crippen molar-refractivity contribution in [2.75, 3.05) is 69.5 Å². The smallest absolute Gasteiger partial charge is 0.416 e. The van der Waals surface area contributed by atoms with E-state index in [2.05, 4.69) is 25.8 Å². The Labute approximate surface area is 411 Å². The van der Waals surface area contributed by atoms with Crippen LogP contribution in [-0.4, -0.2) is 93.6 Å². The first-order valence-corrected chi connectivity index (χ1v) is 24.3. The fourth-order valence-electron chi connectivity index (χ4n) is 7.38. The van der Waals surface area contributed by atoms with Crippen molar-refractivity contribution in [1.29, 1.82) is 0 Å². The number of carbonyl (C=O) groups is 4. The molecule has 1 aliphatic heterocycles. The highest BCUT2D eigenvalue weighted by molar-refractivity contribution is 7.98. The van der Waals surface area contributed by atoms with Gasteiger partial charge in [0.15, 0.2) is 0 Å². The first-order chi connectivity index (χ1) is 33.6. The summed E-state index contributed by atoms with van der Waals surface area (Å²) in [6.07, 6.45) is 0.427. The number of aromatic nitrogens is 1. The minimum absolute atomic E-state index is 0.107. The lowest BCUT2D eigenvalue weighted by molar-refractivity contribution is -0.156. The van der Waals surface area contributed by atoms with E-state index in [0.29, 0.717) is 79.0 Å². The number of nitrogens with zero attached hydrogens (tertiary/aromatic N) is 2. The zero-order valence-electron chi connectivity index (χ0n) is 39.7. The summed E-state index contributed by atoms with van der Waals surface area (Å²) in [5.41, 5.74) is 3.56. The predicted octanol–water partition coefficient (Wildman–Crippen LogP) is 9.74. The fourth-order valence-corrected chi connectivity index (χ4v) is 8.28. The molecule has 13 nitrogen and oxygen atoms in total. The summed E-state index contributed by atoms with van der Waals surface area (Å²) in [5, 5.41) is 8.66. The lowest BCUT2D eigenvalue weighted by Gasteiger charge is -2.29. The predicted molar refractivity (Wildman–Crippen MR) is 264 cm³/mol. The van der Waals surface area contributed by atoms with Gasteiger partial charge in [-0.15, -0.1) is 11.8 Å². The minimum atomic E-state index is -4.50. The maximum atomic E-state index is 13.9. The number of hydrogen-bond donors (Lipinski definition) is 3. The standard InChI is InChI=1S/C53H60F3N5O8S/c1-52(2,3)69-48(62)19-24-66-26-28-68-29-27-67-25-21-58-49(63)40-13-9-15-44(32-40)70-36-38-11-7-12-39(30-38)51(65)60-46-17-16-43(61-22-5-4-6-23-61)34-45(46)47-33-41(18-20-57-47)50(64)59-35-37-10-8-14-42(31-37)53(54,55)56/h7-18,20,30-34H,4-6,19,21-29,35-36H2,1-3H3,(H,58,63)(H,59,64)(H,60,65). The molecule has 0 radical (unpaired) electrons. The molecule has 372 valence electrons. The van der Waals surface area contributed by atoms with Gasteiger partial charge in [-0.25, -0.2) is 0 Å². The van der Waals surface area contributed by atoms with Gasteiger partial charge in [-0.2, -0.15) is 13.2 Å². The third kappa shape index (κ3) is 17.3. The Balaban J connectivity index is 0.993. The SMILES string of the molecule is CC(C)(C)OC(=O)CCOCCOCCOCCNC(=O)c1cccc(SCc2cccc(C(=O)Nc3ccc(N4CCCCC4)cc3-c3cc(C(=O)NCc4cccc(C(F)(F)F)c4)ccn3)c2)c1. The normalized spacial score (nSPS) is 12.9. The van der Waals surface area contributed by atoms with Crippen LogP contribution in [0.15, 0.2) is 114 Å². The Morgan fingerprint density at radius 2 is 1.33 bits per heavy atom. The first-order valence-electron chi connectivity index (χ1n) is 23.3. The third-order valence-electron chi connectivity index (χ3n) is 10.8. The molecule has 1 fully saturated rings. The molecular formula is C53H60F3N5O8S. The molecule has 3 amide bonds. The molecule has 0 unspecified atom stereocenters. The number of halogens is 3. The van der Waals surface area contributed by atoms with E-state index in [9.17, 15) is 32.3 Å². The van der Waals surface area contributed by atoms with Crippen molar-refractivity contribution in [2.24, 2.45) is 0 Å². The number of rotatable bonds is 23. The average molecular weight is 984 g/mol. The molecule has 4 aromatic carbocycles. The van der Waals surface area contributed by atoms with Crippen LogP contribution in [0.1, 0.15) is 94.2 Å². The number of hydrogen-bond acceptors (Lipinski definition) is 11. The van der Waals surface area contributed by atoms with Crippen LogP contribution in [0.3, 0.4) is 0 Å². The number of anilines is 2. The third-order valence-corrected chi connectivity index (χ3v) is 11.9. The van der Waals surface area contributed by atoms with Crippen molar-refractivity contribution < 1.29 is 51.3 Å². The molecule has 2 heterocycles. The van der Waals surface area contributed by atoms with E-state index in [1.165, 1.54) is 36.2 Å². The number of alkyl halides is 3. The number of ether oxygens (including phenoxy) is 4. The molecule has 5 aromatic rings. The second kappa shape index (κ2) is 26.1. The van der Waals surface area contributed by atoms with Crippen molar-refractivity contribution in [3.8, 4) is 11.3 Å². The maximum absolute atomic E-state index is 13.9. The van der Waals surface area contributed by atoms with Crippen LogP contribution in [0.2, 0.25) is 0 Å². The topological polar surface area (TPSA) is 157 Å². The number of nitrogens with one attached hydrogen (secondary N) is 3. The van der Waals surface area contributed by atoms with E-state index in [4.69, 9.17) is 18.9 Å². The van der Waals surface area contributed by atoms with Crippen molar-refractivity contribution in [3.05, 3.63) is 143 Å². The van der Waals surface area contributed by atoms with Gasteiger partial charge in [0.05, 0.1) is 63.0 Å². The van der Waals surface area contributed by atoms with Crippen LogP contribution in [-0.2, 0) is 42.2 Å². The molecule has 1 aromatic heterocycles. The van der Waals surface area contributed by atoms with Crippen LogP contribution in [0, 0.1) is 0 Å². The van der Waals surface area contributed by atoms with Gasteiger partial charge in [-0.05, 0) is 124 Å². The Bertz CT molecular complexity index is 2550. The number of amides is 3. The quantitative estimate of drug-likeness (QED) is 0.0325. The van der Waals surface area contributed by atoms with Crippen LogP contribution >= 0.6 is 11.8 Å². The number of esters is 1. The summed E-state index contributed by atoms with van der Waals surface area (Å²) in [6, 6.07) is 28.3. The van der Waals surface area contributed by atoms with Gasteiger partial charge in [0.1, 0.15) is 5.60 Å².